The number of phenols is 1. The monoisotopic (exact) mass is 848 g/mol. The summed E-state index contributed by atoms with van der Waals surface area (Å²) in [5.74, 6) is -4.48. The molecule has 4 heterocycles. The van der Waals surface area contributed by atoms with E-state index in [0.717, 1.165) is 37.2 Å². The number of allylic oxidation sites excluding steroid dienone is 2. The first-order valence-corrected chi connectivity index (χ1v) is 21.5. The van der Waals surface area contributed by atoms with E-state index in [1.807, 2.05) is 73.7 Å². The number of carbonyl (C=O) groups is 4. The lowest BCUT2D eigenvalue weighted by molar-refractivity contribution is -0.131. The molecule has 1 saturated carbocycles. The molecule has 0 radical (unpaired) electrons. The number of phenolic OH excluding ortho intramolecular Hbond substituents is 1. The predicted octanol–water partition coefficient (Wildman–Crippen LogP) is 9.63. The number of amides is 4. The Balaban J connectivity index is 1.06. The number of rotatable bonds is 8. The topological polar surface area (TPSA) is 122 Å². The molecule has 4 amide bonds. The average molecular weight is 849 g/mol. The van der Waals surface area contributed by atoms with Gasteiger partial charge in [-0.25, -0.2) is 4.90 Å². The highest BCUT2D eigenvalue weighted by molar-refractivity contribution is 7.22. The van der Waals surface area contributed by atoms with Crippen LogP contribution in [0.4, 0.5) is 11.5 Å². The van der Waals surface area contributed by atoms with Gasteiger partial charge in [0.25, 0.3) is 0 Å². The Hall–Kier alpha value is -6.30. The number of ether oxygens (including phenoxy) is 1. The molecule has 3 fully saturated rings. The molecule has 6 aromatic rings. The zero-order valence-electron chi connectivity index (χ0n) is 33.7. The van der Waals surface area contributed by atoms with Gasteiger partial charge in [-0.15, -0.1) is 11.3 Å². The van der Waals surface area contributed by atoms with Crippen LogP contribution in [-0.2, 0) is 32.8 Å². The van der Waals surface area contributed by atoms with Gasteiger partial charge in [-0.3, -0.25) is 28.8 Å². The first kappa shape index (κ1) is 38.9. The van der Waals surface area contributed by atoms with E-state index in [2.05, 4.69) is 6.58 Å². The Morgan fingerprint density at radius 3 is 2.44 bits per heavy atom. The first-order valence-electron chi connectivity index (χ1n) is 20.3. The van der Waals surface area contributed by atoms with Crippen LogP contribution in [0.3, 0.4) is 0 Å². The highest BCUT2D eigenvalue weighted by atomic mass is 35.5. The Morgan fingerprint density at radius 1 is 0.934 bits per heavy atom. The van der Waals surface area contributed by atoms with Crippen molar-refractivity contribution in [2.24, 2.45) is 36.1 Å². The van der Waals surface area contributed by atoms with Crippen molar-refractivity contribution in [3.05, 3.63) is 143 Å². The van der Waals surface area contributed by atoms with Crippen molar-refractivity contribution >= 4 is 74.2 Å². The van der Waals surface area contributed by atoms with E-state index in [9.17, 15) is 14.7 Å². The number of hydrogen-bond acceptors (Lipinski definition) is 8. The van der Waals surface area contributed by atoms with Gasteiger partial charge in [0.1, 0.15) is 29.6 Å². The number of hydrogen-bond donors (Lipinski definition) is 1. The molecule has 10 rings (SSSR count). The Morgan fingerprint density at radius 2 is 1.70 bits per heavy atom. The summed E-state index contributed by atoms with van der Waals surface area (Å²) >= 11 is 7.91. The maximum atomic E-state index is 15.3. The van der Waals surface area contributed by atoms with Crippen LogP contribution < -0.4 is 14.5 Å². The van der Waals surface area contributed by atoms with E-state index >= 15 is 9.59 Å². The summed E-state index contributed by atoms with van der Waals surface area (Å²) in [6, 6.07) is 29.4. The molecule has 2 saturated heterocycles. The van der Waals surface area contributed by atoms with Crippen molar-refractivity contribution in [1.29, 1.82) is 0 Å². The third-order valence-electron chi connectivity index (χ3n) is 13.4. The number of benzene rings is 4. The standard InChI is InChI=1S/C49H41ClN4O6S/c1-5-27-11-14-30(15-12-27)53-45(56)34-19-18-32-36(42(34)47(53)58)23-37-46(57)54(41-24-38(51-52(41)4)44-26(2)35-21-29(50)13-20-40(35)61-44)48(59)49(37,3)43(32)33-17-16-31(22-39(33)55)60-25-28-9-7-6-8-10-28/h5-18,20-22,24,34,36-37,42-43,55H,1,19,23,25H2,2-4H3. The number of aryl methyl sites for hydroxylation is 2. The van der Waals surface area contributed by atoms with Crippen molar-refractivity contribution in [2.45, 2.75) is 39.2 Å². The van der Waals surface area contributed by atoms with Crippen molar-refractivity contribution < 1.29 is 29.0 Å². The summed E-state index contributed by atoms with van der Waals surface area (Å²) in [7, 11) is 1.71. The minimum absolute atomic E-state index is 0.0983. The molecule has 2 aromatic heterocycles. The van der Waals surface area contributed by atoms with Gasteiger partial charge in [0.05, 0.1) is 33.7 Å². The van der Waals surface area contributed by atoms with E-state index < -0.39 is 46.8 Å². The largest absolute Gasteiger partial charge is 0.508 e. The number of fused-ring (bicyclic) bond motifs is 5. The van der Waals surface area contributed by atoms with Gasteiger partial charge < -0.3 is 9.84 Å². The molecule has 2 aliphatic heterocycles. The number of halogens is 1. The zero-order valence-corrected chi connectivity index (χ0v) is 35.2. The summed E-state index contributed by atoms with van der Waals surface area (Å²) in [4.78, 5) is 62.6. The quantitative estimate of drug-likeness (QED) is 0.120. The lowest BCUT2D eigenvalue weighted by Gasteiger charge is -2.49. The van der Waals surface area contributed by atoms with E-state index in [0.29, 0.717) is 33.5 Å². The number of carbonyl (C=O) groups excluding carboxylic acids is 4. The van der Waals surface area contributed by atoms with Crippen LogP contribution in [-0.4, -0.2) is 38.5 Å². The van der Waals surface area contributed by atoms with Gasteiger partial charge >= 0.3 is 0 Å². The predicted molar refractivity (Wildman–Crippen MR) is 236 cm³/mol. The highest BCUT2D eigenvalue weighted by Crippen LogP contribution is 2.64. The molecule has 6 atom stereocenters. The number of aromatic nitrogens is 2. The fourth-order valence-electron chi connectivity index (χ4n) is 10.4. The maximum absolute atomic E-state index is 15.3. The average Bonchev–Trinajstić information content (AvgIpc) is 3.93. The van der Waals surface area contributed by atoms with Crippen molar-refractivity contribution in [3.8, 4) is 22.1 Å². The van der Waals surface area contributed by atoms with Gasteiger partial charge in [0.2, 0.25) is 23.6 Å². The summed E-state index contributed by atoms with van der Waals surface area (Å²) in [6.07, 6.45) is 4.12. The lowest BCUT2D eigenvalue weighted by Crippen LogP contribution is -2.49. The molecule has 0 bridgehead atoms. The van der Waals surface area contributed by atoms with Gasteiger partial charge in [-0.1, -0.05) is 84.4 Å². The maximum Gasteiger partial charge on any atom is 0.242 e. The Labute approximate surface area is 361 Å². The smallest absolute Gasteiger partial charge is 0.242 e. The van der Waals surface area contributed by atoms with Gasteiger partial charge in [0, 0.05) is 40.4 Å². The molecule has 4 aliphatic rings. The fourth-order valence-corrected chi connectivity index (χ4v) is 11.7. The summed E-state index contributed by atoms with van der Waals surface area (Å²) in [5, 5.41) is 18.4. The number of thiophene rings is 1. The van der Waals surface area contributed by atoms with E-state index in [1.165, 1.54) is 15.9 Å². The highest BCUT2D eigenvalue weighted by Gasteiger charge is 2.68. The zero-order chi connectivity index (χ0) is 42.5. The fraction of sp³-hybridized carbons (Fsp3) is 0.245. The minimum atomic E-state index is -1.38. The van der Waals surface area contributed by atoms with Crippen LogP contribution in [0.25, 0.3) is 26.7 Å². The Kier molecular flexibility index (Phi) is 9.19. The molecule has 306 valence electrons. The van der Waals surface area contributed by atoms with Crippen molar-refractivity contribution in [1.82, 2.24) is 9.78 Å². The van der Waals surface area contributed by atoms with Crippen LogP contribution in [0.5, 0.6) is 11.5 Å². The van der Waals surface area contributed by atoms with Gasteiger partial charge in [0.15, 0.2) is 0 Å². The van der Waals surface area contributed by atoms with Crippen molar-refractivity contribution in [3.63, 3.8) is 0 Å². The minimum Gasteiger partial charge on any atom is -0.508 e. The van der Waals surface area contributed by atoms with Gasteiger partial charge in [-0.05, 0) is 91.1 Å². The molecule has 12 heteroatoms. The van der Waals surface area contributed by atoms with Crippen molar-refractivity contribution in [2.75, 3.05) is 9.80 Å². The number of aromatic hydroxyl groups is 1. The third kappa shape index (κ3) is 5.92. The second-order valence-electron chi connectivity index (χ2n) is 16.7. The van der Waals surface area contributed by atoms with E-state index in [-0.39, 0.29) is 37.0 Å². The number of imide groups is 2. The number of anilines is 2. The molecule has 0 spiro atoms. The first-order chi connectivity index (χ1) is 29.4. The second-order valence-corrected chi connectivity index (χ2v) is 18.2. The third-order valence-corrected chi connectivity index (χ3v) is 15.0. The van der Waals surface area contributed by atoms with Crippen LogP contribution >= 0.6 is 22.9 Å². The van der Waals surface area contributed by atoms with E-state index in [1.54, 1.807) is 66.4 Å². The molecule has 2 aliphatic carbocycles. The number of nitrogens with zero attached hydrogens (tertiary/aromatic N) is 4. The van der Waals surface area contributed by atoms with Crippen LogP contribution in [0.2, 0.25) is 5.02 Å². The van der Waals surface area contributed by atoms with Crippen LogP contribution in [0.15, 0.2) is 115 Å². The summed E-state index contributed by atoms with van der Waals surface area (Å²) < 4.78 is 8.67. The normalized spacial score (nSPS) is 24.5. The Bertz CT molecular complexity index is 2880. The molecule has 6 unspecified atom stereocenters. The molecule has 61 heavy (non-hydrogen) atoms. The van der Waals surface area contributed by atoms with Gasteiger partial charge in [-0.2, -0.15) is 5.10 Å². The molecular formula is C49H41ClN4O6S. The summed E-state index contributed by atoms with van der Waals surface area (Å²) in [6.45, 7) is 7.91. The van der Waals surface area contributed by atoms with Crippen LogP contribution in [0, 0.1) is 36.0 Å². The van der Waals surface area contributed by atoms with Crippen LogP contribution in [0.1, 0.15) is 47.9 Å². The van der Waals surface area contributed by atoms with E-state index in [4.69, 9.17) is 21.4 Å². The molecular weight excluding hydrogens is 808 g/mol. The SMILES string of the molecule is C=Cc1ccc(N2C(=O)C3CC=C4C(CC5C(=O)N(c6cc(-c7sc8ccc(Cl)cc8c7C)nn6C)C(=O)C5(C)C4c4ccc(OCc5ccccc5)cc4O)C3C2=O)cc1. The lowest BCUT2D eigenvalue weighted by atomic mass is 9.51. The molecule has 10 nitrogen and oxygen atoms in total. The molecule has 4 aromatic carbocycles. The summed E-state index contributed by atoms with van der Waals surface area (Å²) in [5.41, 5.74) is 3.72. The molecule has 1 N–H and O–H groups in total. The second kappa shape index (κ2) is 14.4.